The molecule has 1 aliphatic rings. The van der Waals surface area contributed by atoms with E-state index in [1.807, 2.05) is 10.7 Å². The zero-order valence-electron chi connectivity index (χ0n) is 15.9. The number of hydrogen-bond donors (Lipinski definition) is 1. The topological polar surface area (TPSA) is 63.1 Å². The molecule has 3 aromatic rings. The molecule has 0 aliphatic carbocycles. The number of pyridine rings is 1. The minimum atomic E-state index is -0.329. The van der Waals surface area contributed by atoms with Gasteiger partial charge in [-0.25, -0.2) is 14.1 Å². The Morgan fingerprint density at radius 2 is 2.21 bits per heavy atom. The van der Waals surface area contributed by atoms with E-state index in [1.54, 1.807) is 18.3 Å². The molecule has 0 bridgehead atoms. The minimum absolute atomic E-state index is 0.132. The second-order valence-electron chi connectivity index (χ2n) is 7.39. The predicted octanol–water partition coefficient (Wildman–Crippen LogP) is 2.35. The van der Waals surface area contributed by atoms with E-state index in [0.717, 1.165) is 36.2 Å². The highest BCUT2D eigenvalue weighted by Gasteiger charge is 2.26. The van der Waals surface area contributed by atoms with Gasteiger partial charge >= 0.3 is 0 Å². The summed E-state index contributed by atoms with van der Waals surface area (Å²) in [6, 6.07) is 10.1. The van der Waals surface area contributed by atoms with E-state index >= 15 is 0 Å². The Kier molecular flexibility index (Phi) is 5.34. The third kappa shape index (κ3) is 4.04. The Hall–Kier alpha value is -2.80. The maximum atomic E-state index is 13.2. The van der Waals surface area contributed by atoms with Gasteiger partial charge in [0.25, 0.3) is 0 Å². The maximum absolute atomic E-state index is 13.2. The van der Waals surface area contributed by atoms with Crippen LogP contribution in [0.4, 0.5) is 4.39 Å². The Morgan fingerprint density at radius 1 is 1.32 bits per heavy atom. The number of aromatic nitrogens is 3. The van der Waals surface area contributed by atoms with E-state index in [1.165, 1.54) is 12.1 Å². The van der Waals surface area contributed by atoms with Crippen molar-refractivity contribution >= 4 is 16.9 Å². The monoisotopic (exact) mass is 381 g/mol. The van der Waals surface area contributed by atoms with E-state index in [9.17, 15) is 9.18 Å². The Labute approximate surface area is 163 Å². The fourth-order valence-corrected chi connectivity index (χ4v) is 3.85. The van der Waals surface area contributed by atoms with Gasteiger partial charge in [0, 0.05) is 30.6 Å². The van der Waals surface area contributed by atoms with E-state index < -0.39 is 0 Å². The van der Waals surface area contributed by atoms with Crippen molar-refractivity contribution in [2.75, 3.05) is 26.7 Å². The molecule has 1 saturated heterocycles. The van der Waals surface area contributed by atoms with Crippen LogP contribution in [0.5, 0.6) is 0 Å². The van der Waals surface area contributed by atoms with Gasteiger partial charge in [-0.3, -0.25) is 4.79 Å². The fourth-order valence-electron chi connectivity index (χ4n) is 3.85. The van der Waals surface area contributed by atoms with Crippen LogP contribution in [0, 0.1) is 5.82 Å². The Bertz CT molecular complexity index is 986. The first-order valence-electron chi connectivity index (χ1n) is 9.61. The van der Waals surface area contributed by atoms with Crippen LogP contribution in [0.25, 0.3) is 11.0 Å². The third-order valence-electron chi connectivity index (χ3n) is 5.21. The summed E-state index contributed by atoms with van der Waals surface area (Å²) in [5, 5.41) is 8.81. The van der Waals surface area contributed by atoms with Crippen LogP contribution in [-0.2, 0) is 17.8 Å². The van der Waals surface area contributed by atoms with Crippen molar-refractivity contribution in [1.82, 2.24) is 25.0 Å². The van der Waals surface area contributed by atoms with Gasteiger partial charge in [-0.05, 0) is 49.8 Å². The molecule has 1 fully saturated rings. The summed E-state index contributed by atoms with van der Waals surface area (Å²) in [5.41, 5.74) is 2.61. The molecule has 28 heavy (non-hydrogen) atoms. The molecule has 1 N–H and O–H groups in total. The van der Waals surface area contributed by atoms with Gasteiger partial charge < -0.3 is 10.2 Å². The lowest BCUT2D eigenvalue weighted by molar-refractivity contribution is -0.120. The van der Waals surface area contributed by atoms with Gasteiger partial charge in [0.1, 0.15) is 5.82 Å². The summed E-state index contributed by atoms with van der Waals surface area (Å²) in [6.07, 6.45) is 3.03. The van der Waals surface area contributed by atoms with Gasteiger partial charge in [-0.1, -0.05) is 12.1 Å². The van der Waals surface area contributed by atoms with Gasteiger partial charge in [0.2, 0.25) is 5.91 Å². The number of fused-ring (bicyclic) bond motifs is 1. The normalized spacial score (nSPS) is 17.3. The molecule has 3 heterocycles. The molecule has 146 valence electrons. The molecule has 0 spiro atoms. The lowest BCUT2D eigenvalue weighted by Gasteiger charge is -2.08. The molecule has 0 radical (unpaired) electrons. The number of likely N-dealkylation sites (N-methyl/N-ethyl adjacent to an activating group) is 1. The minimum Gasteiger partial charge on any atom is -0.354 e. The fraction of sp³-hybridized carbons (Fsp3) is 0.381. The highest BCUT2D eigenvalue weighted by Crippen LogP contribution is 2.30. The van der Waals surface area contributed by atoms with E-state index in [-0.39, 0.29) is 18.1 Å². The molecular weight excluding hydrogens is 357 g/mol. The largest absolute Gasteiger partial charge is 0.354 e. The Morgan fingerprint density at radius 3 is 3.00 bits per heavy atom. The zero-order valence-corrected chi connectivity index (χ0v) is 15.9. The molecule has 0 saturated carbocycles. The molecule has 7 heteroatoms. The van der Waals surface area contributed by atoms with Crippen molar-refractivity contribution in [3.63, 3.8) is 0 Å². The number of nitrogens with zero attached hydrogens (tertiary/aromatic N) is 4. The molecule has 1 aromatic carbocycles. The summed E-state index contributed by atoms with van der Waals surface area (Å²) >= 11 is 0. The van der Waals surface area contributed by atoms with Crippen molar-refractivity contribution in [3.8, 4) is 0 Å². The van der Waals surface area contributed by atoms with Crippen LogP contribution >= 0.6 is 0 Å². The smallest absolute Gasteiger partial charge is 0.224 e. The first-order chi connectivity index (χ1) is 13.6. The number of nitrogens with one attached hydrogen (secondary N) is 1. The lowest BCUT2D eigenvalue weighted by atomic mass is 10.0. The quantitative estimate of drug-likeness (QED) is 0.712. The number of hydrogen-bond acceptors (Lipinski definition) is 4. The first kappa shape index (κ1) is 18.6. The predicted molar refractivity (Wildman–Crippen MR) is 105 cm³/mol. The van der Waals surface area contributed by atoms with E-state index in [0.29, 0.717) is 24.6 Å². The van der Waals surface area contributed by atoms with Crippen LogP contribution in [0.15, 0.2) is 42.6 Å². The van der Waals surface area contributed by atoms with Crippen LogP contribution in [0.2, 0.25) is 0 Å². The molecule has 2 aromatic heterocycles. The Balaban J connectivity index is 1.41. The molecule has 1 amide bonds. The summed E-state index contributed by atoms with van der Waals surface area (Å²) in [6.45, 7) is 3.08. The highest BCUT2D eigenvalue weighted by molar-refractivity contribution is 5.79. The average molecular weight is 381 g/mol. The number of rotatable bonds is 6. The second-order valence-corrected chi connectivity index (χ2v) is 7.39. The van der Waals surface area contributed by atoms with Crippen molar-refractivity contribution < 1.29 is 9.18 Å². The summed E-state index contributed by atoms with van der Waals surface area (Å²) in [5.74, 6) is -0.0438. The van der Waals surface area contributed by atoms with Gasteiger partial charge in [0.05, 0.1) is 18.7 Å². The molecular formula is C21H24FN5O. The van der Waals surface area contributed by atoms with Gasteiger partial charge in [0.15, 0.2) is 5.65 Å². The third-order valence-corrected chi connectivity index (χ3v) is 5.21. The average Bonchev–Trinajstić information content (AvgIpc) is 3.26. The zero-order chi connectivity index (χ0) is 19.5. The molecule has 6 nitrogen and oxygen atoms in total. The summed E-state index contributed by atoms with van der Waals surface area (Å²) < 4.78 is 15.1. The van der Waals surface area contributed by atoms with Crippen molar-refractivity contribution in [1.29, 1.82) is 0 Å². The highest BCUT2D eigenvalue weighted by atomic mass is 19.1. The molecule has 1 atom stereocenters. The number of carbonyl (C=O) groups is 1. The van der Waals surface area contributed by atoms with Crippen LogP contribution in [0.1, 0.15) is 23.6 Å². The first-order valence-corrected chi connectivity index (χ1v) is 9.61. The lowest BCUT2D eigenvalue weighted by Crippen LogP contribution is -2.29. The second kappa shape index (κ2) is 8.06. The van der Waals surface area contributed by atoms with E-state index in [2.05, 4.69) is 28.3 Å². The summed E-state index contributed by atoms with van der Waals surface area (Å²) in [4.78, 5) is 19.0. The molecule has 1 aliphatic heterocycles. The van der Waals surface area contributed by atoms with Crippen molar-refractivity contribution in [2.24, 2.45) is 0 Å². The molecule has 4 rings (SSSR count). The van der Waals surface area contributed by atoms with Gasteiger partial charge in [-0.15, -0.1) is 0 Å². The number of benzene rings is 1. The van der Waals surface area contributed by atoms with Gasteiger partial charge in [-0.2, -0.15) is 5.10 Å². The maximum Gasteiger partial charge on any atom is 0.224 e. The van der Waals surface area contributed by atoms with Crippen molar-refractivity contribution in [2.45, 2.75) is 25.3 Å². The van der Waals surface area contributed by atoms with Crippen molar-refractivity contribution in [3.05, 3.63) is 59.7 Å². The summed E-state index contributed by atoms with van der Waals surface area (Å²) in [7, 11) is 2.13. The number of likely N-dealkylation sites (tertiary alicyclic amines) is 1. The number of carbonyl (C=O) groups excluding carboxylic acids is 1. The SMILES string of the molecule is CN1CC[C@H](c2nn(CCNC(=O)Cc3cccc(F)c3)c3ncccc23)C1. The standard InChI is InChI=1S/C21H24FN5O/c1-26-10-7-16(14-26)20-18-6-3-8-24-21(18)27(25-20)11-9-23-19(28)13-15-4-2-5-17(22)12-15/h2-6,8,12,16H,7,9-11,13-14H2,1H3,(H,23,28)/t16-/m0/s1. The van der Waals surface area contributed by atoms with Crippen LogP contribution in [0.3, 0.4) is 0 Å². The number of amides is 1. The van der Waals surface area contributed by atoms with Crippen LogP contribution < -0.4 is 5.32 Å². The number of halogens is 1. The van der Waals surface area contributed by atoms with Crippen LogP contribution in [-0.4, -0.2) is 52.3 Å². The molecule has 0 unspecified atom stereocenters. The van der Waals surface area contributed by atoms with E-state index in [4.69, 9.17) is 5.10 Å².